The maximum absolute atomic E-state index is 5.58. The van der Waals surface area contributed by atoms with Crippen molar-refractivity contribution in [2.24, 2.45) is 0 Å². The molecule has 2 heteroatoms. The summed E-state index contributed by atoms with van der Waals surface area (Å²) in [6.45, 7) is 1.02. The average Bonchev–Trinajstić information content (AvgIpc) is 2.72. The number of hydrogen-bond acceptors (Lipinski definition) is 2. The molecule has 0 aliphatic carbocycles. The molecule has 3 aromatic carbocycles. The molecule has 0 amide bonds. The van der Waals surface area contributed by atoms with Gasteiger partial charge < -0.3 is 9.80 Å². The first kappa shape index (κ1) is 17.2. The zero-order valence-electron chi connectivity index (χ0n) is 14.5. The lowest BCUT2D eigenvalue weighted by molar-refractivity contribution is 1.10. The molecule has 26 heavy (non-hydrogen) atoms. The van der Waals surface area contributed by atoms with Crippen molar-refractivity contribution in [3.05, 3.63) is 84.9 Å². The van der Waals surface area contributed by atoms with Crippen molar-refractivity contribution in [2.45, 2.75) is 0 Å². The highest BCUT2D eigenvalue weighted by atomic mass is 15.1. The normalized spacial score (nSPS) is 9.77. The molecule has 126 valence electrons. The molecule has 2 nitrogen and oxygen atoms in total. The van der Waals surface area contributed by atoms with Crippen LogP contribution in [0.3, 0.4) is 0 Å². The lowest BCUT2D eigenvalue weighted by atomic mass is 10.2. The minimum Gasteiger partial charge on any atom is -0.330 e. The van der Waals surface area contributed by atoms with Gasteiger partial charge in [0.15, 0.2) is 0 Å². The third-order valence-corrected chi connectivity index (χ3v) is 4.11. The fourth-order valence-corrected chi connectivity index (χ4v) is 2.87. The molecule has 0 atom stereocenters. The number of nitrogens with zero attached hydrogens (tertiary/aromatic N) is 2. The number of terminal acetylenes is 2. The molecule has 0 radical (unpaired) electrons. The van der Waals surface area contributed by atoms with Crippen LogP contribution < -0.4 is 9.80 Å². The molecule has 0 spiro atoms. The average molecular weight is 336 g/mol. The van der Waals surface area contributed by atoms with Gasteiger partial charge in [-0.05, 0) is 48.5 Å². The first-order valence-corrected chi connectivity index (χ1v) is 8.45. The smallest absolute Gasteiger partial charge is 0.0840 e. The molecule has 3 rings (SSSR count). The van der Waals surface area contributed by atoms with Crippen molar-refractivity contribution in [3.63, 3.8) is 0 Å². The van der Waals surface area contributed by atoms with Gasteiger partial charge in [0.05, 0.1) is 13.1 Å². The number of rotatable bonds is 6. The first-order chi connectivity index (χ1) is 12.8. The van der Waals surface area contributed by atoms with Gasteiger partial charge in [-0.25, -0.2) is 0 Å². The Hall–Kier alpha value is -3.62. The molecular formula is C24H20N2. The Morgan fingerprint density at radius 2 is 0.808 bits per heavy atom. The van der Waals surface area contributed by atoms with E-state index in [0.29, 0.717) is 13.1 Å². The van der Waals surface area contributed by atoms with Gasteiger partial charge >= 0.3 is 0 Å². The van der Waals surface area contributed by atoms with Crippen molar-refractivity contribution >= 4 is 22.7 Å². The standard InChI is InChI=1S/C24H20N2/c1-3-19-25(21-11-7-5-8-12-21)23-15-17-24(18-16-23)26(20-4-2)22-13-9-6-10-14-22/h1-2,5-18H,19-20H2. The highest BCUT2D eigenvalue weighted by Gasteiger charge is 2.11. The van der Waals surface area contributed by atoms with E-state index in [1.807, 2.05) is 36.4 Å². The second-order valence-corrected chi connectivity index (χ2v) is 5.77. The summed E-state index contributed by atoms with van der Waals surface area (Å²) in [5, 5.41) is 0. The van der Waals surface area contributed by atoms with Gasteiger partial charge in [-0.15, -0.1) is 12.8 Å². The second kappa shape index (κ2) is 8.47. The Labute approximate surface area is 155 Å². The predicted octanol–water partition coefficient (Wildman–Crippen LogP) is 5.23. The van der Waals surface area contributed by atoms with Crippen LogP contribution in [-0.4, -0.2) is 13.1 Å². The Balaban J connectivity index is 1.91. The van der Waals surface area contributed by atoms with E-state index < -0.39 is 0 Å². The van der Waals surface area contributed by atoms with Crippen LogP contribution in [0.4, 0.5) is 22.7 Å². The van der Waals surface area contributed by atoms with E-state index in [-0.39, 0.29) is 0 Å². The van der Waals surface area contributed by atoms with Crippen LogP contribution in [0.25, 0.3) is 0 Å². The molecule has 0 fully saturated rings. The summed E-state index contributed by atoms with van der Waals surface area (Å²) in [4.78, 5) is 4.22. The lowest BCUT2D eigenvalue weighted by Gasteiger charge is -2.25. The zero-order valence-corrected chi connectivity index (χ0v) is 14.5. The summed E-state index contributed by atoms with van der Waals surface area (Å²) in [5.41, 5.74) is 4.24. The Kier molecular flexibility index (Phi) is 5.61. The minimum absolute atomic E-state index is 0.510. The summed E-state index contributed by atoms with van der Waals surface area (Å²) in [5.74, 6) is 5.47. The number of hydrogen-bond donors (Lipinski definition) is 0. The maximum atomic E-state index is 5.58. The molecule has 3 aromatic rings. The molecule has 0 saturated heterocycles. The Morgan fingerprint density at radius 1 is 0.500 bits per heavy atom. The van der Waals surface area contributed by atoms with Crippen molar-refractivity contribution in [1.29, 1.82) is 0 Å². The fraction of sp³-hybridized carbons (Fsp3) is 0.0833. The van der Waals surface area contributed by atoms with Crippen LogP contribution in [-0.2, 0) is 0 Å². The third kappa shape index (κ3) is 3.89. The van der Waals surface area contributed by atoms with Gasteiger partial charge in [0, 0.05) is 22.7 Å². The highest BCUT2D eigenvalue weighted by molar-refractivity contribution is 5.70. The van der Waals surface area contributed by atoms with E-state index in [1.165, 1.54) is 0 Å². The van der Waals surface area contributed by atoms with E-state index >= 15 is 0 Å². The lowest BCUT2D eigenvalue weighted by Crippen LogP contribution is -2.19. The highest BCUT2D eigenvalue weighted by Crippen LogP contribution is 2.30. The molecule has 0 aromatic heterocycles. The molecule has 0 heterocycles. The molecule has 0 saturated carbocycles. The monoisotopic (exact) mass is 336 g/mol. The van der Waals surface area contributed by atoms with Crippen LogP contribution in [0.2, 0.25) is 0 Å². The summed E-state index contributed by atoms with van der Waals surface area (Å²) in [6, 6.07) is 28.6. The summed E-state index contributed by atoms with van der Waals surface area (Å²) in [7, 11) is 0. The second-order valence-electron chi connectivity index (χ2n) is 5.77. The van der Waals surface area contributed by atoms with Crippen molar-refractivity contribution in [3.8, 4) is 24.7 Å². The van der Waals surface area contributed by atoms with Gasteiger partial charge in [-0.1, -0.05) is 48.2 Å². The summed E-state index contributed by atoms with van der Waals surface area (Å²) >= 11 is 0. The van der Waals surface area contributed by atoms with E-state index in [2.05, 4.69) is 70.2 Å². The summed E-state index contributed by atoms with van der Waals surface area (Å²) < 4.78 is 0. The van der Waals surface area contributed by atoms with Gasteiger partial charge in [0.2, 0.25) is 0 Å². The summed E-state index contributed by atoms with van der Waals surface area (Å²) in [6.07, 6.45) is 11.2. The van der Waals surface area contributed by atoms with E-state index in [0.717, 1.165) is 22.7 Å². The first-order valence-electron chi connectivity index (χ1n) is 8.45. The Morgan fingerprint density at radius 3 is 1.12 bits per heavy atom. The van der Waals surface area contributed by atoms with E-state index in [9.17, 15) is 0 Å². The van der Waals surface area contributed by atoms with Crippen LogP contribution in [0.15, 0.2) is 84.9 Å². The van der Waals surface area contributed by atoms with Crippen LogP contribution in [0.1, 0.15) is 0 Å². The van der Waals surface area contributed by atoms with Crippen LogP contribution in [0, 0.1) is 24.7 Å². The van der Waals surface area contributed by atoms with E-state index in [1.54, 1.807) is 0 Å². The third-order valence-electron chi connectivity index (χ3n) is 4.11. The quantitative estimate of drug-likeness (QED) is 0.569. The van der Waals surface area contributed by atoms with Crippen LogP contribution in [0.5, 0.6) is 0 Å². The number of anilines is 4. The topological polar surface area (TPSA) is 6.48 Å². The fourth-order valence-electron chi connectivity index (χ4n) is 2.87. The van der Waals surface area contributed by atoms with Crippen molar-refractivity contribution in [1.82, 2.24) is 0 Å². The SMILES string of the molecule is C#CCN(c1ccccc1)c1ccc(N(CC#C)c2ccccc2)cc1. The molecule has 0 aliphatic heterocycles. The van der Waals surface area contributed by atoms with Crippen molar-refractivity contribution in [2.75, 3.05) is 22.9 Å². The molecular weight excluding hydrogens is 316 g/mol. The number of benzene rings is 3. The minimum atomic E-state index is 0.510. The van der Waals surface area contributed by atoms with Gasteiger partial charge in [-0.2, -0.15) is 0 Å². The molecule has 0 N–H and O–H groups in total. The largest absolute Gasteiger partial charge is 0.330 e. The van der Waals surface area contributed by atoms with Gasteiger partial charge in [0.25, 0.3) is 0 Å². The van der Waals surface area contributed by atoms with Gasteiger partial charge in [-0.3, -0.25) is 0 Å². The van der Waals surface area contributed by atoms with E-state index in [4.69, 9.17) is 12.8 Å². The van der Waals surface area contributed by atoms with Gasteiger partial charge in [0.1, 0.15) is 0 Å². The molecule has 0 aliphatic rings. The van der Waals surface area contributed by atoms with Crippen LogP contribution >= 0.6 is 0 Å². The molecule has 0 bridgehead atoms. The Bertz CT molecular complexity index is 822. The molecule has 0 unspecified atom stereocenters. The number of para-hydroxylation sites is 2. The van der Waals surface area contributed by atoms with Crippen molar-refractivity contribution < 1.29 is 0 Å². The maximum Gasteiger partial charge on any atom is 0.0840 e. The predicted molar refractivity (Wildman–Crippen MR) is 111 cm³/mol. The zero-order chi connectivity index (χ0) is 18.2.